The normalized spacial score (nSPS) is 18.4. The van der Waals surface area contributed by atoms with Gasteiger partial charge in [-0.05, 0) is 25.5 Å². The molecule has 0 spiro atoms. The molecule has 0 amide bonds. The molecule has 0 aromatic heterocycles. The lowest BCUT2D eigenvalue weighted by Crippen LogP contribution is -2.48. The number of hydrogen-bond acceptors (Lipinski definition) is 5. The first-order valence-electron chi connectivity index (χ1n) is 7.94. The fourth-order valence-corrected chi connectivity index (χ4v) is 3.19. The van der Waals surface area contributed by atoms with Gasteiger partial charge in [0.15, 0.2) is 0 Å². The minimum absolute atomic E-state index is 0.211. The van der Waals surface area contributed by atoms with Crippen LogP contribution in [0, 0.1) is 13.8 Å². The summed E-state index contributed by atoms with van der Waals surface area (Å²) in [5.74, 6) is 0.789. The fourth-order valence-electron chi connectivity index (χ4n) is 3.19. The lowest BCUT2D eigenvalue weighted by molar-refractivity contribution is 0.0650. The number of nitrogens with zero attached hydrogens (tertiary/aromatic N) is 2. The number of ether oxygens (including phenoxy) is 1. The number of hydrogen-bond donors (Lipinski definition) is 2. The van der Waals surface area contributed by atoms with Crippen molar-refractivity contribution in [2.75, 3.05) is 53.0 Å². The Bertz CT molecular complexity index is 485. The Labute approximate surface area is 133 Å². The zero-order valence-corrected chi connectivity index (χ0v) is 13.9. The molecule has 1 aliphatic rings. The highest BCUT2D eigenvalue weighted by molar-refractivity contribution is 5.45. The first kappa shape index (κ1) is 17.2. The van der Waals surface area contributed by atoms with Gasteiger partial charge in [-0.1, -0.05) is 11.6 Å². The van der Waals surface area contributed by atoms with E-state index in [2.05, 4.69) is 15.9 Å². The summed E-state index contributed by atoms with van der Waals surface area (Å²) in [5, 5.41) is 19.6. The van der Waals surface area contributed by atoms with Crippen LogP contribution in [-0.4, -0.2) is 73.0 Å². The molecule has 0 bridgehead atoms. The van der Waals surface area contributed by atoms with E-state index in [0.29, 0.717) is 6.54 Å². The number of rotatable bonds is 6. The molecule has 1 aromatic carbocycles. The first-order valence-corrected chi connectivity index (χ1v) is 7.94. The molecule has 0 saturated carbocycles. The third-order valence-electron chi connectivity index (χ3n) is 4.32. The van der Waals surface area contributed by atoms with Crippen molar-refractivity contribution in [2.45, 2.75) is 20.0 Å². The number of β-amino-alcohol motifs (C(OH)–C–C–N with tert-alkyl or cyclic N) is 2. The molecule has 2 N–H and O–H groups in total. The Hall–Kier alpha value is -1.14. The minimum Gasteiger partial charge on any atom is -0.496 e. The highest BCUT2D eigenvalue weighted by atomic mass is 16.5. The van der Waals surface area contributed by atoms with Crippen molar-refractivity contribution in [2.24, 2.45) is 0 Å². The maximum absolute atomic E-state index is 10.6. The van der Waals surface area contributed by atoms with E-state index in [1.54, 1.807) is 7.11 Å². The van der Waals surface area contributed by atoms with Crippen LogP contribution in [0.3, 0.4) is 0 Å². The van der Waals surface area contributed by atoms with Crippen molar-refractivity contribution in [3.05, 3.63) is 28.8 Å². The average molecular weight is 308 g/mol. The predicted molar refractivity (Wildman–Crippen MR) is 87.4 cm³/mol. The summed E-state index contributed by atoms with van der Waals surface area (Å²) in [5.41, 5.74) is 3.07. The van der Waals surface area contributed by atoms with Gasteiger partial charge in [-0.15, -0.1) is 0 Å². The van der Waals surface area contributed by atoms with Gasteiger partial charge < -0.3 is 14.9 Å². The van der Waals surface area contributed by atoms with Crippen LogP contribution >= 0.6 is 0 Å². The molecule has 0 radical (unpaired) electrons. The highest BCUT2D eigenvalue weighted by Crippen LogP contribution is 2.30. The van der Waals surface area contributed by atoms with Gasteiger partial charge in [0.1, 0.15) is 5.75 Å². The first-order chi connectivity index (χ1) is 10.5. The molecule has 1 aliphatic heterocycles. The van der Waals surface area contributed by atoms with Gasteiger partial charge in [-0.2, -0.15) is 0 Å². The Kier molecular flexibility index (Phi) is 6.20. The van der Waals surface area contributed by atoms with Crippen molar-refractivity contribution < 1.29 is 14.9 Å². The molecular formula is C17H28N2O3. The topological polar surface area (TPSA) is 56.2 Å². The molecule has 124 valence electrons. The van der Waals surface area contributed by atoms with E-state index in [4.69, 9.17) is 9.84 Å². The van der Waals surface area contributed by atoms with Crippen LogP contribution in [-0.2, 0) is 0 Å². The lowest BCUT2D eigenvalue weighted by atomic mass is 10.0. The van der Waals surface area contributed by atoms with Crippen molar-refractivity contribution in [3.8, 4) is 5.75 Å². The van der Waals surface area contributed by atoms with Crippen LogP contribution in [0.4, 0.5) is 0 Å². The molecule has 0 aliphatic carbocycles. The van der Waals surface area contributed by atoms with E-state index in [1.807, 2.05) is 19.9 Å². The number of aryl methyl sites for hydroxylation is 2. The van der Waals surface area contributed by atoms with Gasteiger partial charge in [-0.3, -0.25) is 9.80 Å². The number of piperazine rings is 1. The molecule has 1 saturated heterocycles. The van der Waals surface area contributed by atoms with E-state index in [0.717, 1.165) is 55.2 Å². The smallest absolute Gasteiger partial charge is 0.127 e. The summed E-state index contributed by atoms with van der Waals surface area (Å²) in [4.78, 5) is 4.52. The van der Waals surface area contributed by atoms with Crippen molar-refractivity contribution in [1.29, 1.82) is 0 Å². The quantitative estimate of drug-likeness (QED) is 0.820. The van der Waals surface area contributed by atoms with Crippen LogP contribution in [0.5, 0.6) is 5.75 Å². The van der Waals surface area contributed by atoms with Gasteiger partial charge >= 0.3 is 0 Å². The summed E-state index contributed by atoms with van der Waals surface area (Å²) in [6, 6.07) is 4.08. The molecule has 1 aromatic rings. The Balaban J connectivity index is 2.00. The molecule has 2 rings (SSSR count). The third-order valence-corrected chi connectivity index (χ3v) is 4.32. The Morgan fingerprint density at radius 1 is 1.14 bits per heavy atom. The summed E-state index contributed by atoms with van der Waals surface area (Å²) in [6.07, 6.45) is -0.544. The summed E-state index contributed by atoms with van der Waals surface area (Å²) < 4.78 is 5.48. The average Bonchev–Trinajstić information content (AvgIpc) is 2.49. The van der Waals surface area contributed by atoms with Crippen LogP contribution in [0.2, 0.25) is 0 Å². The maximum Gasteiger partial charge on any atom is 0.127 e. The van der Waals surface area contributed by atoms with Gasteiger partial charge in [0.2, 0.25) is 0 Å². The highest BCUT2D eigenvalue weighted by Gasteiger charge is 2.22. The van der Waals surface area contributed by atoms with Gasteiger partial charge in [-0.25, -0.2) is 0 Å². The zero-order chi connectivity index (χ0) is 16.1. The maximum atomic E-state index is 10.6. The van der Waals surface area contributed by atoms with Gasteiger partial charge in [0, 0.05) is 44.8 Å². The fraction of sp³-hybridized carbons (Fsp3) is 0.647. The van der Waals surface area contributed by atoms with Crippen LogP contribution in [0.15, 0.2) is 12.1 Å². The van der Waals surface area contributed by atoms with E-state index in [1.165, 1.54) is 0 Å². The van der Waals surface area contributed by atoms with Gasteiger partial charge in [0.05, 0.1) is 19.8 Å². The van der Waals surface area contributed by atoms with Crippen molar-refractivity contribution in [3.63, 3.8) is 0 Å². The second-order valence-electron chi connectivity index (χ2n) is 6.09. The SMILES string of the molecule is COc1c(C)cc(C)cc1C(O)CN1CCN(CCO)CC1. The molecule has 5 nitrogen and oxygen atoms in total. The molecule has 1 unspecified atom stereocenters. The summed E-state index contributed by atoms with van der Waals surface area (Å²) in [6.45, 7) is 9.34. The Morgan fingerprint density at radius 2 is 1.77 bits per heavy atom. The summed E-state index contributed by atoms with van der Waals surface area (Å²) in [7, 11) is 1.65. The number of aliphatic hydroxyl groups excluding tert-OH is 2. The van der Waals surface area contributed by atoms with Gasteiger partial charge in [0.25, 0.3) is 0 Å². The van der Waals surface area contributed by atoms with E-state index >= 15 is 0 Å². The predicted octanol–water partition coefficient (Wildman–Crippen LogP) is 0.955. The minimum atomic E-state index is -0.544. The lowest BCUT2D eigenvalue weighted by Gasteiger charge is -2.35. The molecule has 22 heavy (non-hydrogen) atoms. The van der Waals surface area contributed by atoms with Crippen molar-refractivity contribution >= 4 is 0 Å². The molecular weight excluding hydrogens is 280 g/mol. The number of aliphatic hydroxyl groups is 2. The third kappa shape index (κ3) is 4.20. The Morgan fingerprint density at radius 3 is 2.36 bits per heavy atom. The largest absolute Gasteiger partial charge is 0.496 e. The molecule has 1 atom stereocenters. The summed E-state index contributed by atoms with van der Waals surface area (Å²) >= 11 is 0. The second kappa shape index (κ2) is 7.92. The molecule has 1 fully saturated rings. The standard InChI is InChI=1S/C17H28N2O3/c1-13-10-14(2)17(22-3)15(11-13)16(21)12-19-6-4-18(5-7-19)8-9-20/h10-11,16,20-21H,4-9,12H2,1-3H3. The van der Waals surface area contributed by atoms with Crippen molar-refractivity contribution in [1.82, 2.24) is 9.80 Å². The van der Waals surface area contributed by atoms with Crippen LogP contribution in [0.25, 0.3) is 0 Å². The van der Waals surface area contributed by atoms with E-state index < -0.39 is 6.10 Å². The van der Waals surface area contributed by atoms with Crippen LogP contribution in [0.1, 0.15) is 22.8 Å². The molecule has 5 heteroatoms. The van der Waals surface area contributed by atoms with Crippen LogP contribution < -0.4 is 4.74 Å². The van der Waals surface area contributed by atoms with E-state index in [9.17, 15) is 5.11 Å². The zero-order valence-electron chi connectivity index (χ0n) is 13.9. The number of benzene rings is 1. The van der Waals surface area contributed by atoms with E-state index in [-0.39, 0.29) is 6.61 Å². The number of methoxy groups -OCH3 is 1. The second-order valence-corrected chi connectivity index (χ2v) is 6.09. The molecule has 1 heterocycles. The monoisotopic (exact) mass is 308 g/mol.